The lowest BCUT2D eigenvalue weighted by atomic mass is 9.67. The molecule has 242 valence electrons. The van der Waals surface area contributed by atoms with Crippen molar-refractivity contribution >= 4 is 17.4 Å². The van der Waals surface area contributed by atoms with E-state index in [0.717, 1.165) is 39.2 Å². The van der Waals surface area contributed by atoms with Gasteiger partial charge in [-0.15, -0.1) is 0 Å². The van der Waals surface area contributed by atoms with E-state index in [1.54, 1.807) is 11.8 Å². The molecule has 8 aromatic rings. The lowest BCUT2D eigenvalue weighted by Gasteiger charge is -2.40. The van der Waals surface area contributed by atoms with Crippen molar-refractivity contribution in [1.82, 2.24) is 9.97 Å². The molecule has 0 bridgehead atoms. The quantitative estimate of drug-likeness (QED) is 0.173. The molecule has 0 radical (unpaired) electrons. The molecule has 1 spiro atoms. The van der Waals surface area contributed by atoms with Crippen molar-refractivity contribution in [2.75, 3.05) is 0 Å². The predicted octanol–water partition coefficient (Wildman–Crippen LogP) is 12.5. The molecular weight excluding hydrogens is 651 g/mol. The van der Waals surface area contributed by atoms with E-state index in [-0.39, 0.29) is 0 Å². The average Bonchev–Trinajstić information content (AvgIpc) is 3.51. The molecular formula is C48H29N3S. The zero-order valence-corrected chi connectivity index (χ0v) is 28.8. The average molecular weight is 680 g/mol. The summed E-state index contributed by atoms with van der Waals surface area (Å²) in [6.45, 7) is 7.90. The highest BCUT2D eigenvalue weighted by Crippen LogP contribution is 2.62. The van der Waals surface area contributed by atoms with Gasteiger partial charge in [-0.3, -0.25) is 0 Å². The summed E-state index contributed by atoms with van der Waals surface area (Å²) >= 11 is 1.80. The highest BCUT2D eigenvalue weighted by molar-refractivity contribution is 7.99. The first-order chi connectivity index (χ1) is 25.7. The molecule has 0 amide bonds. The minimum Gasteiger partial charge on any atom is -0.238 e. The molecule has 1 aliphatic carbocycles. The van der Waals surface area contributed by atoms with Gasteiger partial charge in [0.2, 0.25) is 0 Å². The molecule has 3 nitrogen and oxygen atoms in total. The molecule has 0 N–H and O–H groups in total. The summed E-state index contributed by atoms with van der Waals surface area (Å²) in [7, 11) is 0. The number of aromatic nitrogens is 2. The Balaban J connectivity index is 1.12. The van der Waals surface area contributed by atoms with Crippen molar-refractivity contribution in [2.24, 2.45) is 0 Å². The Morgan fingerprint density at radius 1 is 0.423 bits per heavy atom. The van der Waals surface area contributed by atoms with Crippen molar-refractivity contribution in [2.45, 2.75) is 15.2 Å². The zero-order valence-electron chi connectivity index (χ0n) is 28.0. The van der Waals surface area contributed by atoms with Gasteiger partial charge >= 0.3 is 0 Å². The van der Waals surface area contributed by atoms with Crippen LogP contribution in [0.1, 0.15) is 22.3 Å². The largest absolute Gasteiger partial charge is 0.238 e. The van der Waals surface area contributed by atoms with Crippen molar-refractivity contribution in [3.8, 4) is 56.2 Å². The van der Waals surface area contributed by atoms with E-state index in [0.29, 0.717) is 11.5 Å². The first-order valence-corrected chi connectivity index (χ1v) is 18.2. The van der Waals surface area contributed by atoms with Crippen LogP contribution in [-0.4, -0.2) is 9.97 Å². The van der Waals surface area contributed by atoms with Crippen LogP contribution in [0.5, 0.6) is 0 Å². The molecule has 1 unspecified atom stereocenters. The smallest absolute Gasteiger partial charge is 0.187 e. The highest BCUT2D eigenvalue weighted by atomic mass is 32.2. The van der Waals surface area contributed by atoms with Gasteiger partial charge < -0.3 is 0 Å². The van der Waals surface area contributed by atoms with Crippen molar-refractivity contribution in [3.05, 3.63) is 210 Å². The maximum atomic E-state index is 7.90. The fourth-order valence-electron chi connectivity index (χ4n) is 8.04. The van der Waals surface area contributed by atoms with Gasteiger partial charge in [-0.1, -0.05) is 169 Å². The first-order valence-electron chi connectivity index (χ1n) is 17.4. The van der Waals surface area contributed by atoms with Crippen LogP contribution in [0.15, 0.2) is 186 Å². The van der Waals surface area contributed by atoms with E-state index in [1.807, 2.05) is 42.5 Å². The summed E-state index contributed by atoms with van der Waals surface area (Å²) in [5.41, 5.74) is 14.7. The fourth-order valence-corrected chi connectivity index (χ4v) is 9.21. The third-order valence-corrected chi connectivity index (χ3v) is 11.5. The number of hydrogen-bond acceptors (Lipinski definition) is 3. The van der Waals surface area contributed by atoms with Crippen LogP contribution < -0.4 is 0 Å². The van der Waals surface area contributed by atoms with Crippen molar-refractivity contribution in [3.63, 3.8) is 0 Å². The van der Waals surface area contributed by atoms with Gasteiger partial charge in [0.05, 0.1) is 23.4 Å². The third kappa shape index (κ3) is 4.67. The Morgan fingerprint density at radius 2 is 1.00 bits per heavy atom. The van der Waals surface area contributed by atoms with Crippen LogP contribution in [0.25, 0.3) is 61.0 Å². The van der Waals surface area contributed by atoms with E-state index in [2.05, 4.69) is 138 Å². The molecule has 1 aromatic heterocycles. The lowest BCUT2D eigenvalue weighted by Crippen LogP contribution is -2.32. The minimum atomic E-state index is -0.542. The summed E-state index contributed by atoms with van der Waals surface area (Å²) in [6.07, 6.45) is 0. The summed E-state index contributed by atoms with van der Waals surface area (Å²) in [5, 5.41) is 0. The number of hydrogen-bond donors (Lipinski definition) is 0. The molecule has 2 heterocycles. The second-order valence-electron chi connectivity index (χ2n) is 13.2. The maximum Gasteiger partial charge on any atom is 0.187 e. The summed E-state index contributed by atoms with van der Waals surface area (Å²) in [4.78, 5) is 16.4. The molecule has 10 rings (SSSR count). The molecule has 0 saturated heterocycles. The molecule has 7 aromatic carbocycles. The Labute approximate surface area is 307 Å². The van der Waals surface area contributed by atoms with Crippen LogP contribution >= 0.6 is 11.8 Å². The van der Waals surface area contributed by atoms with Gasteiger partial charge in [0.1, 0.15) is 0 Å². The molecule has 0 fully saturated rings. The van der Waals surface area contributed by atoms with Gasteiger partial charge in [0.15, 0.2) is 11.5 Å². The molecule has 2 aliphatic rings. The second kappa shape index (κ2) is 12.1. The van der Waals surface area contributed by atoms with Crippen LogP contribution in [0.3, 0.4) is 0 Å². The molecule has 1 atom stereocenters. The molecule has 4 heteroatoms. The van der Waals surface area contributed by atoms with E-state index in [9.17, 15) is 0 Å². The Bertz CT molecular complexity index is 2660. The SMILES string of the molecule is [C-]#[N+]c1ccc2c(c1)C1(c3ccccc3S2)c2ccccc2-c2ccc(-c3ccc(-c4nc(-c5ccccc5)cc(-c5ccccc5)n4)cc3)cc21. The molecule has 0 saturated carbocycles. The van der Waals surface area contributed by atoms with E-state index in [4.69, 9.17) is 16.5 Å². The standard InChI is InChI=1S/C48H29N3S/c1-49-36-25-27-46-42(29-36)48(40-18-10-11-19-45(40)52-46)39-17-9-8-16-37(39)38-26-24-35(28-41(38)48)31-20-22-34(23-21-31)47-50-43(32-12-4-2-5-13-32)30-44(51-47)33-14-6-3-7-15-33/h2-30H. The fraction of sp³-hybridized carbons (Fsp3) is 0.0208. The molecule has 52 heavy (non-hydrogen) atoms. The Morgan fingerprint density at radius 3 is 1.71 bits per heavy atom. The van der Waals surface area contributed by atoms with E-state index in [1.165, 1.54) is 43.2 Å². The predicted molar refractivity (Wildman–Crippen MR) is 211 cm³/mol. The summed E-state index contributed by atoms with van der Waals surface area (Å²) in [5.74, 6) is 0.693. The first kappa shape index (κ1) is 30.3. The van der Waals surface area contributed by atoms with Gasteiger partial charge in [0, 0.05) is 26.5 Å². The van der Waals surface area contributed by atoms with Crippen molar-refractivity contribution in [1.29, 1.82) is 0 Å². The van der Waals surface area contributed by atoms with Crippen LogP contribution in [-0.2, 0) is 5.41 Å². The number of fused-ring (bicyclic) bond motifs is 9. The number of nitrogens with zero attached hydrogens (tertiary/aromatic N) is 3. The van der Waals surface area contributed by atoms with Gasteiger partial charge in [-0.2, -0.15) is 0 Å². The van der Waals surface area contributed by atoms with Gasteiger partial charge in [-0.05, 0) is 62.7 Å². The number of benzene rings is 7. The summed E-state index contributed by atoms with van der Waals surface area (Å²) in [6, 6.07) is 62.0. The lowest BCUT2D eigenvalue weighted by molar-refractivity contribution is 0.723. The van der Waals surface area contributed by atoms with Crippen molar-refractivity contribution < 1.29 is 0 Å². The van der Waals surface area contributed by atoms with Gasteiger partial charge in [-0.25, -0.2) is 14.8 Å². The Kier molecular flexibility index (Phi) is 7.02. The van der Waals surface area contributed by atoms with Crippen LogP contribution in [0.2, 0.25) is 0 Å². The topological polar surface area (TPSA) is 30.1 Å². The van der Waals surface area contributed by atoms with Crippen LogP contribution in [0.4, 0.5) is 5.69 Å². The molecule has 1 aliphatic heterocycles. The second-order valence-corrected chi connectivity index (χ2v) is 14.3. The highest BCUT2D eigenvalue weighted by Gasteiger charge is 2.50. The Hall–Kier alpha value is -6.54. The van der Waals surface area contributed by atoms with Gasteiger partial charge in [0.25, 0.3) is 0 Å². The van der Waals surface area contributed by atoms with E-state index < -0.39 is 5.41 Å². The number of rotatable bonds is 4. The third-order valence-electron chi connectivity index (χ3n) is 10.4. The minimum absolute atomic E-state index is 0.542. The maximum absolute atomic E-state index is 7.90. The zero-order chi connectivity index (χ0) is 34.6. The van der Waals surface area contributed by atoms with Crippen LogP contribution in [0, 0.1) is 6.57 Å². The monoisotopic (exact) mass is 679 g/mol. The normalized spacial score (nSPS) is 14.9. The van der Waals surface area contributed by atoms with E-state index >= 15 is 0 Å². The summed E-state index contributed by atoms with van der Waals surface area (Å²) < 4.78 is 0.